The highest BCUT2D eigenvalue weighted by molar-refractivity contribution is 6.55. The van der Waals surface area contributed by atoms with Crippen LogP contribution in [0.3, 0.4) is 0 Å². The first kappa shape index (κ1) is 17.0. The largest absolute Gasteiger partial charge is 0.495 e. The maximum absolute atomic E-state index is 6.13. The molecule has 1 aliphatic heterocycles. The standard InChI is InChI=1S/C16H25BN2O3/c1-15(2)16(3,4)22-17(21-15)13(10-18-5)7-12-8-14(20-6)11-19-9-12/h7-9,11,18H,10H2,1-6H3. The molecule has 0 aliphatic carbocycles. The summed E-state index contributed by atoms with van der Waals surface area (Å²) < 4.78 is 17.5. The van der Waals surface area contributed by atoms with Crippen LogP contribution in [0, 0.1) is 0 Å². The summed E-state index contributed by atoms with van der Waals surface area (Å²) in [7, 11) is 3.17. The van der Waals surface area contributed by atoms with Gasteiger partial charge in [-0.2, -0.15) is 0 Å². The molecule has 1 fully saturated rings. The van der Waals surface area contributed by atoms with Crippen LogP contribution in [0.4, 0.5) is 0 Å². The lowest BCUT2D eigenvalue weighted by Gasteiger charge is -2.32. The lowest BCUT2D eigenvalue weighted by molar-refractivity contribution is 0.00578. The minimum Gasteiger partial charge on any atom is -0.495 e. The van der Waals surface area contributed by atoms with Gasteiger partial charge in [0.2, 0.25) is 0 Å². The predicted molar refractivity (Wildman–Crippen MR) is 88.8 cm³/mol. The van der Waals surface area contributed by atoms with Gasteiger partial charge in [0.25, 0.3) is 0 Å². The number of hydrogen-bond donors (Lipinski definition) is 1. The van der Waals surface area contributed by atoms with E-state index in [-0.39, 0.29) is 18.3 Å². The van der Waals surface area contributed by atoms with Gasteiger partial charge in [0, 0.05) is 12.7 Å². The average Bonchev–Trinajstić information content (AvgIpc) is 2.67. The fourth-order valence-electron chi connectivity index (χ4n) is 2.24. The van der Waals surface area contributed by atoms with E-state index in [1.165, 1.54) is 0 Å². The Morgan fingerprint density at radius 3 is 2.45 bits per heavy atom. The summed E-state index contributed by atoms with van der Waals surface area (Å²) in [5.41, 5.74) is 1.28. The van der Waals surface area contributed by atoms with Gasteiger partial charge in [-0.05, 0) is 51.8 Å². The van der Waals surface area contributed by atoms with Crippen molar-refractivity contribution in [2.45, 2.75) is 38.9 Å². The maximum Gasteiger partial charge on any atom is 0.491 e. The van der Waals surface area contributed by atoms with Crippen molar-refractivity contribution >= 4 is 13.2 Å². The molecule has 0 bridgehead atoms. The van der Waals surface area contributed by atoms with E-state index < -0.39 is 0 Å². The van der Waals surface area contributed by atoms with Crippen molar-refractivity contribution in [3.05, 3.63) is 29.5 Å². The van der Waals surface area contributed by atoms with E-state index >= 15 is 0 Å². The Bertz CT molecular complexity index is 542. The van der Waals surface area contributed by atoms with Crippen LogP contribution < -0.4 is 10.1 Å². The Balaban J connectivity index is 2.29. The van der Waals surface area contributed by atoms with Crippen molar-refractivity contribution in [2.75, 3.05) is 20.7 Å². The molecule has 2 rings (SSSR count). The van der Waals surface area contributed by atoms with Crippen LogP contribution >= 0.6 is 0 Å². The van der Waals surface area contributed by atoms with Gasteiger partial charge in [0.05, 0.1) is 24.5 Å². The van der Waals surface area contributed by atoms with Crippen molar-refractivity contribution in [1.29, 1.82) is 0 Å². The zero-order valence-electron chi connectivity index (χ0n) is 14.3. The van der Waals surface area contributed by atoms with Crippen LogP contribution in [0.2, 0.25) is 0 Å². The van der Waals surface area contributed by atoms with Crippen LogP contribution in [0.1, 0.15) is 33.3 Å². The van der Waals surface area contributed by atoms with Crippen LogP contribution in [0.5, 0.6) is 5.75 Å². The van der Waals surface area contributed by atoms with Gasteiger partial charge in [-0.15, -0.1) is 0 Å². The summed E-state index contributed by atoms with van der Waals surface area (Å²) in [6.07, 6.45) is 5.52. The summed E-state index contributed by atoms with van der Waals surface area (Å²) >= 11 is 0. The maximum atomic E-state index is 6.13. The molecule has 5 nitrogen and oxygen atoms in total. The number of nitrogens with one attached hydrogen (secondary N) is 1. The molecular formula is C16H25BN2O3. The third-order valence-electron chi connectivity index (χ3n) is 4.26. The van der Waals surface area contributed by atoms with E-state index in [1.54, 1.807) is 19.5 Å². The fourth-order valence-corrected chi connectivity index (χ4v) is 2.24. The molecule has 1 saturated heterocycles. The average molecular weight is 304 g/mol. The van der Waals surface area contributed by atoms with Crippen molar-refractivity contribution in [1.82, 2.24) is 10.3 Å². The van der Waals surface area contributed by atoms with E-state index in [9.17, 15) is 0 Å². The first-order valence-corrected chi connectivity index (χ1v) is 7.49. The number of methoxy groups -OCH3 is 1. The fraction of sp³-hybridized carbons (Fsp3) is 0.562. The van der Waals surface area contributed by atoms with Crippen LogP contribution in [0.15, 0.2) is 23.9 Å². The number of pyridine rings is 1. The molecule has 0 amide bonds. The molecule has 0 atom stereocenters. The third kappa shape index (κ3) is 3.51. The Hall–Kier alpha value is -1.37. The SMILES string of the molecule is CNCC(=Cc1cncc(OC)c1)B1OC(C)(C)C(C)(C)O1. The van der Waals surface area contributed by atoms with Crippen molar-refractivity contribution in [3.63, 3.8) is 0 Å². The monoisotopic (exact) mass is 304 g/mol. The van der Waals surface area contributed by atoms with Gasteiger partial charge in [-0.3, -0.25) is 4.98 Å². The molecule has 2 heterocycles. The first-order valence-electron chi connectivity index (χ1n) is 7.49. The molecular weight excluding hydrogens is 279 g/mol. The van der Waals surface area contributed by atoms with E-state index in [0.717, 1.165) is 16.8 Å². The molecule has 1 aromatic rings. The molecule has 1 aliphatic rings. The summed E-state index contributed by atoms with van der Waals surface area (Å²) in [4.78, 5) is 4.18. The number of aromatic nitrogens is 1. The molecule has 120 valence electrons. The van der Waals surface area contributed by atoms with E-state index in [1.807, 2.05) is 19.2 Å². The number of hydrogen-bond acceptors (Lipinski definition) is 5. The van der Waals surface area contributed by atoms with Gasteiger partial charge in [0.1, 0.15) is 5.75 Å². The number of likely N-dealkylation sites (N-methyl/N-ethyl adjacent to an activating group) is 1. The van der Waals surface area contributed by atoms with E-state index in [2.05, 4.69) is 38.0 Å². The first-order chi connectivity index (χ1) is 10.3. The van der Waals surface area contributed by atoms with Crippen molar-refractivity contribution < 1.29 is 14.0 Å². The van der Waals surface area contributed by atoms with Crippen LogP contribution in [-0.2, 0) is 9.31 Å². The molecule has 0 unspecified atom stereocenters. The predicted octanol–water partition coefficient (Wildman–Crippen LogP) is 2.32. The summed E-state index contributed by atoms with van der Waals surface area (Å²) in [5.74, 6) is 0.728. The third-order valence-corrected chi connectivity index (χ3v) is 4.26. The van der Waals surface area contributed by atoms with Gasteiger partial charge >= 0.3 is 7.12 Å². The normalized spacial score (nSPS) is 20.3. The highest BCUT2D eigenvalue weighted by Crippen LogP contribution is 2.38. The lowest BCUT2D eigenvalue weighted by atomic mass is 9.77. The zero-order chi connectivity index (χ0) is 16.4. The molecule has 0 radical (unpaired) electrons. The quantitative estimate of drug-likeness (QED) is 0.846. The minimum atomic E-state index is -0.372. The Kier molecular flexibility index (Phi) is 4.95. The van der Waals surface area contributed by atoms with Gasteiger partial charge in [-0.25, -0.2) is 0 Å². The Morgan fingerprint density at radius 2 is 1.91 bits per heavy atom. The smallest absolute Gasteiger partial charge is 0.491 e. The lowest BCUT2D eigenvalue weighted by Crippen LogP contribution is -2.41. The second kappa shape index (κ2) is 6.40. The molecule has 0 aromatic carbocycles. The van der Waals surface area contributed by atoms with Crippen LogP contribution in [-0.4, -0.2) is 44.0 Å². The summed E-state index contributed by atoms with van der Waals surface area (Å²) in [6, 6.07) is 1.94. The Morgan fingerprint density at radius 1 is 1.27 bits per heavy atom. The number of rotatable bonds is 5. The molecule has 1 N–H and O–H groups in total. The molecule has 0 spiro atoms. The molecule has 0 saturated carbocycles. The number of nitrogens with zero attached hydrogens (tertiary/aromatic N) is 1. The van der Waals surface area contributed by atoms with E-state index in [4.69, 9.17) is 14.0 Å². The molecule has 6 heteroatoms. The van der Waals surface area contributed by atoms with Gasteiger partial charge in [-0.1, -0.05) is 6.08 Å². The van der Waals surface area contributed by atoms with E-state index in [0.29, 0.717) is 6.54 Å². The second-order valence-corrected chi connectivity index (χ2v) is 6.50. The highest BCUT2D eigenvalue weighted by atomic mass is 16.7. The topological polar surface area (TPSA) is 52.6 Å². The molecule has 1 aromatic heterocycles. The number of ether oxygens (including phenoxy) is 1. The molecule has 22 heavy (non-hydrogen) atoms. The van der Waals surface area contributed by atoms with Crippen molar-refractivity contribution in [2.24, 2.45) is 0 Å². The second-order valence-electron chi connectivity index (χ2n) is 6.50. The zero-order valence-corrected chi connectivity index (χ0v) is 14.3. The highest BCUT2D eigenvalue weighted by Gasteiger charge is 2.52. The van der Waals surface area contributed by atoms with Gasteiger partial charge in [0.15, 0.2) is 0 Å². The van der Waals surface area contributed by atoms with Gasteiger partial charge < -0.3 is 19.4 Å². The summed E-state index contributed by atoms with van der Waals surface area (Å²) in [5, 5.41) is 3.17. The van der Waals surface area contributed by atoms with Crippen LogP contribution in [0.25, 0.3) is 6.08 Å². The minimum absolute atomic E-state index is 0.350. The summed E-state index contributed by atoms with van der Waals surface area (Å²) in [6.45, 7) is 8.89. The van der Waals surface area contributed by atoms with Crippen molar-refractivity contribution in [3.8, 4) is 5.75 Å². The Labute approximate surface area is 133 Å².